The lowest BCUT2D eigenvalue weighted by Gasteiger charge is -2.44. The molecular weight excluding hydrogens is 480 g/mol. The highest BCUT2D eigenvalue weighted by Gasteiger charge is 2.50. The average Bonchev–Trinajstić information content (AvgIpc) is 3.41. The smallest absolute Gasteiger partial charge is 0.433 e. The van der Waals surface area contributed by atoms with Crippen molar-refractivity contribution in [2.45, 2.75) is 38.6 Å². The van der Waals surface area contributed by atoms with Crippen LogP contribution in [0.15, 0.2) is 36.8 Å². The molecule has 1 amide bonds. The number of nitrogens with two attached hydrogens (primary N) is 1. The topological polar surface area (TPSA) is 98.6 Å². The fourth-order valence-electron chi connectivity index (χ4n) is 5.24. The number of imidazole rings is 1. The Kier molecular flexibility index (Phi) is 4.55. The molecule has 3 aromatic heterocycles. The van der Waals surface area contributed by atoms with Crippen molar-refractivity contribution in [2.75, 3.05) is 12.3 Å². The summed E-state index contributed by atoms with van der Waals surface area (Å²) in [6, 6.07) is 3.99. The van der Waals surface area contributed by atoms with Gasteiger partial charge in [0, 0.05) is 18.2 Å². The van der Waals surface area contributed by atoms with Crippen LogP contribution in [0.2, 0.25) is 0 Å². The number of likely N-dealkylation sites (tertiary alicyclic amines) is 1. The molecule has 5 heterocycles. The Hall–Kier alpha value is -3.96. The number of nitrogen functional groups attached to an aromatic ring is 1. The van der Waals surface area contributed by atoms with E-state index in [2.05, 4.69) is 15.0 Å². The van der Waals surface area contributed by atoms with Crippen LogP contribution in [0.4, 0.5) is 23.4 Å². The van der Waals surface area contributed by atoms with Crippen LogP contribution in [-0.2, 0) is 6.18 Å². The molecule has 2 N–H and O–H groups in total. The third-order valence-electron chi connectivity index (χ3n) is 6.76. The molecule has 2 atom stereocenters. The van der Waals surface area contributed by atoms with Crippen molar-refractivity contribution >= 4 is 28.3 Å². The molecule has 12 heteroatoms. The number of piperidine rings is 1. The van der Waals surface area contributed by atoms with Crippen molar-refractivity contribution in [3.05, 3.63) is 59.4 Å². The van der Waals surface area contributed by atoms with Crippen LogP contribution in [0.1, 0.15) is 47.9 Å². The third kappa shape index (κ3) is 3.34. The first-order valence-electron chi connectivity index (χ1n) is 11.2. The van der Waals surface area contributed by atoms with Crippen LogP contribution in [0.25, 0.3) is 16.6 Å². The summed E-state index contributed by atoms with van der Waals surface area (Å²) < 4.78 is 62.4. The molecule has 1 aromatic carbocycles. The molecule has 4 aromatic rings. The van der Waals surface area contributed by atoms with Crippen molar-refractivity contribution in [1.29, 1.82) is 0 Å². The normalized spacial score (nSPS) is 20.9. The first-order valence-corrected chi connectivity index (χ1v) is 11.2. The fraction of sp³-hybridized carbons (Fsp3) is 0.333. The largest absolute Gasteiger partial charge is 0.471 e. The number of halogens is 4. The monoisotopic (exact) mass is 500 g/mol. The van der Waals surface area contributed by atoms with Crippen molar-refractivity contribution < 1.29 is 27.1 Å². The minimum absolute atomic E-state index is 0.158. The summed E-state index contributed by atoms with van der Waals surface area (Å²) in [7, 11) is 0. The maximum absolute atomic E-state index is 15.3. The lowest BCUT2D eigenvalue weighted by Crippen LogP contribution is -2.51. The number of fused-ring (bicyclic) bond motifs is 6. The van der Waals surface area contributed by atoms with E-state index in [1.54, 1.807) is 4.40 Å². The summed E-state index contributed by atoms with van der Waals surface area (Å²) in [5.41, 5.74) is 5.80. The summed E-state index contributed by atoms with van der Waals surface area (Å²) >= 11 is 0. The van der Waals surface area contributed by atoms with Crippen LogP contribution in [0, 0.1) is 11.2 Å². The zero-order valence-corrected chi connectivity index (χ0v) is 19.2. The molecule has 0 bridgehead atoms. The molecule has 2 aliphatic rings. The molecular formula is C24H20F4N6O2. The number of hydrogen-bond donors (Lipinski definition) is 1. The molecule has 1 unspecified atom stereocenters. The summed E-state index contributed by atoms with van der Waals surface area (Å²) in [5, 5.41) is 0. The number of anilines is 1. The van der Waals surface area contributed by atoms with Gasteiger partial charge in [0.15, 0.2) is 0 Å². The van der Waals surface area contributed by atoms with Crippen molar-refractivity contribution in [3.8, 4) is 5.88 Å². The molecule has 6 rings (SSSR count). The highest BCUT2D eigenvalue weighted by Crippen LogP contribution is 2.49. The predicted molar refractivity (Wildman–Crippen MR) is 121 cm³/mol. The quantitative estimate of drug-likeness (QED) is 0.389. The van der Waals surface area contributed by atoms with Crippen molar-refractivity contribution in [3.63, 3.8) is 0 Å². The highest BCUT2D eigenvalue weighted by atomic mass is 19.4. The van der Waals surface area contributed by atoms with Gasteiger partial charge in [-0.25, -0.2) is 19.3 Å². The predicted octanol–water partition coefficient (Wildman–Crippen LogP) is 4.39. The Morgan fingerprint density at radius 2 is 1.97 bits per heavy atom. The van der Waals surface area contributed by atoms with E-state index in [4.69, 9.17) is 10.5 Å². The number of ether oxygens (including phenoxy) is 1. The lowest BCUT2D eigenvalue weighted by atomic mass is 9.78. The van der Waals surface area contributed by atoms with E-state index >= 15 is 4.39 Å². The van der Waals surface area contributed by atoms with Gasteiger partial charge in [-0.15, -0.1) is 0 Å². The number of carbonyl (C=O) groups is 1. The number of benzene rings is 1. The van der Waals surface area contributed by atoms with E-state index in [9.17, 15) is 18.0 Å². The van der Waals surface area contributed by atoms with E-state index in [1.165, 1.54) is 29.6 Å². The second kappa shape index (κ2) is 7.28. The summed E-state index contributed by atoms with van der Waals surface area (Å²) in [4.78, 5) is 27.2. The second-order valence-corrected chi connectivity index (χ2v) is 9.96. The van der Waals surface area contributed by atoms with Crippen LogP contribution in [-0.4, -0.2) is 42.8 Å². The van der Waals surface area contributed by atoms with Gasteiger partial charge in [-0.05, 0) is 30.0 Å². The Morgan fingerprint density at radius 1 is 1.19 bits per heavy atom. The lowest BCUT2D eigenvalue weighted by molar-refractivity contribution is -0.141. The Morgan fingerprint density at radius 3 is 2.72 bits per heavy atom. The van der Waals surface area contributed by atoms with Crippen LogP contribution in [0.3, 0.4) is 0 Å². The number of nitrogens with zero attached hydrogens (tertiary/aromatic N) is 5. The Bertz CT molecular complexity index is 1560. The minimum Gasteiger partial charge on any atom is -0.471 e. The average molecular weight is 500 g/mol. The van der Waals surface area contributed by atoms with Gasteiger partial charge in [0.1, 0.15) is 28.9 Å². The molecule has 2 aliphatic heterocycles. The molecule has 1 saturated heterocycles. The number of rotatable bonds is 1. The van der Waals surface area contributed by atoms with E-state index in [1.807, 2.05) is 13.8 Å². The van der Waals surface area contributed by atoms with Gasteiger partial charge >= 0.3 is 6.18 Å². The van der Waals surface area contributed by atoms with Crippen molar-refractivity contribution in [2.24, 2.45) is 5.41 Å². The van der Waals surface area contributed by atoms with Crippen LogP contribution in [0.5, 0.6) is 5.88 Å². The molecule has 0 spiro atoms. The summed E-state index contributed by atoms with van der Waals surface area (Å²) in [5.74, 6) is -1.39. The summed E-state index contributed by atoms with van der Waals surface area (Å²) in [6.07, 6.45) is -1.76. The molecule has 8 nitrogen and oxygen atoms in total. The molecule has 0 saturated carbocycles. The number of carbonyl (C=O) groups excluding carboxylic acids is 1. The van der Waals surface area contributed by atoms with Crippen LogP contribution >= 0.6 is 0 Å². The zero-order chi connectivity index (χ0) is 25.6. The van der Waals surface area contributed by atoms with Gasteiger partial charge in [0.25, 0.3) is 5.91 Å². The maximum atomic E-state index is 15.3. The highest BCUT2D eigenvalue weighted by molar-refractivity contribution is 5.99. The van der Waals surface area contributed by atoms with E-state index in [0.717, 1.165) is 12.1 Å². The van der Waals surface area contributed by atoms with Gasteiger partial charge in [0.2, 0.25) is 5.88 Å². The zero-order valence-electron chi connectivity index (χ0n) is 19.2. The van der Waals surface area contributed by atoms with Gasteiger partial charge < -0.3 is 15.4 Å². The van der Waals surface area contributed by atoms with Gasteiger partial charge in [-0.1, -0.05) is 13.8 Å². The Labute approximate surface area is 201 Å². The second-order valence-electron chi connectivity index (χ2n) is 9.96. The first-order chi connectivity index (χ1) is 16.9. The Balaban J connectivity index is 1.46. The molecule has 0 aliphatic carbocycles. The van der Waals surface area contributed by atoms with E-state index in [0.29, 0.717) is 23.0 Å². The third-order valence-corrected chi connectivity index (χ3v) is 6.76. The van der Waals surface area contributed by atoms with Gasteiger partial charge in [-0.2, -0.15) is 13.2 Å². The molecule has 186 valence electrons. The molecule has 0 radical (unpaired) electrons. The number of aromatic nitrogens is 4. The summed E-state index contributed by atoms with van der Waals surface area (Å²) in [6.45, 7) is 4.08. The number of hydrogen-bond acceptors (Lipinski definition) is 6. The van der Waals surface area contributed by atoms with E-state index < -0.39 is 41.2 Å². The molecule has 1 fully saturated rings. The molecule has 36 heavy (non-hydrogen) atoms. The van der Waals surface area contributed by atoms with Crippen LogP contribution < -0.4 is 10.5 Å². The first kappa shape index (κ1) is 22.5. The maximum Gasteiger partial charge on any atom is 0.433 e. The number of alkyl halides is 3. The number of amides is 1. The van der Waals surface area contributed by atoms with E-state index in [-0.39, 0.29) is 29.3 Å². The van der Waals surface area contributed by atoms with Gasteiger partial charge in [0.05, 0.1) is 35.2 Å². The SMILES string of the molecule is CC1(C)CC2Oc3nc(C(F)(F)F)ccc3[C@@H]2N(C(=O)c2cc3c(cc2F)nc(N)c2cncn23)C1. The van der Waals surface area contributed by atoms with Crippen molar-refractivity contribution in [1.82, 2.24) is 24.3 Å². The van der Waals surface area contributed by atoms with Gasteiger partial charge in [-0.3, -0.25) is 9.20 Å². The minimum atomic E-state index is -4.63. The fourth-order valence-corrected chi connectivity index (χ4v) is 5.24. The number of pyridine rings is 1. The standard InChI is InChI=1S/C24H20F4N6O2/c1-23(2)7-17-19(11-3-4-18(24(26,27)28)32-21(11)36-17)33(9-23)22(35)12-5-15-14(6-13(12)25)31-20(29)16-8-30-10-34(15)16/h3-6,8,10,17,19H,7,9H2,1-2H3,(H2,29,31)/t17?,19-/m0/s1.